The molecule has 0 spiro atoms. The molecule has 3 aromatic rings. The summed E-state index contributed by atoms with van der Waals surface area (Å²) in [5.41, 5.74) is 10.1. The molecule has 0 unspecified atom stereocenters. The van der Waals surface area contributed by atoms with E-state index in [0.29, 0.717) is 0 Å². The summed E-state index contributed by atoms with van der Waals surface area (Å²) in [6.45, 7) is 28.9. The van der Waals surface area contributed by atoms with Crippen molar-refractivity contribution in [3.05, 3.63) is 58.9 Å². The van der Waals surface area contributed by atoms with Gasteiger partial charge in [-0.2, -0.15) is 0 Å². The van der Waals surface area contributed by atoms with E-state index in [0.717, 1.165) is 5.52 Å². The van der Waals surface area contributed by atoms with Crippen molar-refractivity contribution in [2.24, 2.45) is 10.8 Å². The average Bonchev–Trinajstić information content (AvgIpc) is 3.21. The first-order valence-electron chi connectivity index (χ1n) is 12.6. The Labute approximate surface area is 200 Å². The molecule has 1 aromatic heterocycles. The Morgan fingerprint density at radius 3 is 1.55 bits per heavy atom. The summed E-state index contributed by atoms with van der Waals surface area (Å²) < 4.78 is 2.30. The molecule has 0 amide bonds. The van der Waals surface area contributed by atoms with E-state index in [2.05, 4.69) is 118 Å². The monoisotopic (exact) mass is 442 g/mol. The van der Waals surface area contributed by atoms with Crippen molar-refractivity contribution >= 4 is 11.0 Å². The van der Waals surface area contributed by atoms with E-state index in [-0.39, 0.29) is 32.5 Å². The molecular formula is C31H42N2. The lowest BCUT2D eigenvalue weighted by atomic mass is 9.59. The SMILES string of the molecule is CC1(C)c2ccc(-n3cnc4cc5c(cc43)C(C)(C)C(C)(C)C5(C)C)cc2C(C)(C)C1(C)C. The normalized spacial score (nSPS) is 24.6. The number of aromatic nitrogens is 2. The van der Waals surface area contributed by atoms with Gasteiger partial charge in [-0.05, 0) is 79.0 Å². The second-order valence-electron chi connectivity index (χ2n) is 14.0. The Bertz CT molecular complexity index is 1310. The zero-order valence-electron chi connectivity index (χ0n) is 22.9. The van der Waals surface area contributed by atoms with Crippen LogP contribution in [0.2, 0.25) is 0 Å². The smallest absolute Gasteiger partial charge is 0.100 e. The molecule has 0 radical (unpaired) electrons. The second-order valence-corrected chi connectivity index (χ2v) is 14.0. The molecule has 2 aromatic carbocycles. The molecule has 2 aliphatic carbocycles. The van der Waals surface area contributed by atoms with Crippen LogP contribution in [0.15, 0.2) is 36.7 Å². The number of hydrogen-bond acceptors (Lipinski definition) is 1. The van der Waals surface area contributed by atoms with Crippen molar-refractivity contribution in [3.63, 3.8) is 0 Å². The van der Waals surface area contributed by atoms with Gasteiger partial charge in [-0.3, -0.25) is 4.57 Å². The van der Waals surface area contributed by atoms with Crippen LogP contribution in [0, 0.1) is 10.8 Å². The predicted octanol–water partition coefficient (Wildman–Crippen LogP) is 8.22. The maximum absolute atomic E-state index is 4.88. The third-order valence-electron chi connectivity index (χ3n) is 11.9. The molecule has 0 saturated heterocycles. The van der Waals surface area contributed by atoms with E-state index in [4.69, 9.17) is 4.98 Å². The highest BCUT2D eigenvalue weighted by molar-refractivity contribution is 5.81. The molecule has 5 rings (SSSR count). The molecule has 0 fully saturated rings. The molecule has 0 bridgehead atoms. The lowest BCUT2D eigenvalue weighted by molar-refractivity contribution is 0.125. The minimum atomic E-state index is 0.0864. The van der Waals surface area contributed by atoms with Gasteiger partial charge in [-0.15, -0.1) is 0 Å². The fourth-order valence-electron chi connectivity index (χ4n) is 6.95. The lowest BCUT2D eigenvalue weighted by Gasteiger charge is -2.44. The van der Waals surface area contributed by atoms with Crippen molar-refractivity contribution in [1.29, 1.82) is 0 Å². The fourth-order valence-corrected chi connectivity index (χ4v) is 6.95. The van der Waals surface area contributed by atoms with E-state index in [1.165, 1.54) is 33.5 Å². The zero-order valence-corrected chi connectivity index (χ0v) is 22.9. The third kappa shape index (κ3) is 2.33. The molecule has 0 N–H and O–H groups in total. The molecule has 2 nitrogen and oxygen atoms in total. The summed E-state index contributed by atoms with van der Waals surface area (Å²) in [6, 6.07) is 11.9. The predicted molar refractivity (Wildman–Crippen MR) is 141 cm³/mol. The van der Waals surface area contributed by atoms with Gasteiger partial charge in [0.1, 0.15) is 6.33 Å². The summed E-state index contributed by atoms with van der Waals surface area (Å²) >= 11 is 0. The zero-order chi connectivity index (χ0) is 24.6. The Hall–Kier alpha value is -2.09. The first-order chi connectivity index (χ1) is 14.9. The lowest BCUT2D eigenvalue weighted by Crippen LogP contribution is -2.42. The highest BCUT2D eigenvalue weighted by atomic mass is 15.0. The van der Waals surface area contributed by atoms with Crippen LogP contribution in [0.5, 0.6) is 0 Å². The number of fused-ring (bicyclic) bond motifs is 3. The number of hydrogen-bond donors (Lipinski definition) is 0. The van der Waals surface area contributed by atoms with Crippen LogP contribution in [0.3, 0.4) is 0 Å². The highest BCUT2D eigenvalue weighted by Gasteiger charge is 2.58. The Morgan fingerprint density at radius 2 is 1.00 bits per heavy atom. The number of rotatable bonds is 1. The van der Waals surface area contributed by atoms with Crippen LogP contribution in [0.25, 0.3) is 16.7 Å². The van der Waals surface area contributed by atoms with Crippen molar-refractivity contribution in [2.45, 2.75) is 105 Å². The van der Waals surface area contributed by atoms with Crippen molar-refractivity contribution in [3.8, 4) is 5.69 Å². The molecular weight excluding hydrogens is 400 g/mol. The molecule has 0 saturated carbocycles. The van der Waals surface area contributed by atoms with Gasteiger partial charge in [-0.1, -0.05) is 89.2 Å². The highest BCUT2D eigenvalue weighted by Crippen LogP contribution is 2.63. The molecule has 176 valence electrons. The molecule has 2 aliphatic rings. The molecule has 0 aliphatic heterocycles. The Morgan fingerprint density at radius 1 is 0.545 bits per heavy atom. The van der Waals surface area contributed by atoms with Gasteiger partial charge in [0.15, 0.2) is 0 Å². The maximum atomic E-state index is 4.88. The quantitative estimate of drug-likeness (QED) is 0.371. The number of nitrogens with zero attached hydrogens (tertiary/aromatic N) is 2. The Balaban J connectivity index is 1.73. The Kier molecular flexibility index (Phi) is 4.08. The average molecular weight is 443 g/mol. The number of imidazole rings is 1. The maximum Gasteiger partial charge on any atom is 0.100 e. The van der Waals surface area contributed by atoms with E-state index in [1.54, 1.807) is 0 Å². The summed E-state index contributed by atoms with van der Waals surface area (Å²) in [6.07, 6.45) is 2.02. The van der Waals surface area contributed by atoms with Gasteiger partial charge in [0.25, 0.3) is 0 Å². The first-order valence-corrected chi connectivity index (χ1v) is 12.6. The van der Waals surface area contributed by atoms with Gasteiger partial charge in [0.2, 0.25) is 0 Å². The summed E-state index contributed by atoms with van der Waals surface area (Å²) in [4.78, 5) is 4.88. The summed E-state index contributed by atoms with van der Waals surface area (Å²) in [5.74, 6) is 0. The topological polar surface area (TPSA) is 17.8 Å². The van der Waals surface area contributed by atoms with Crippen LogP contribution in [-0.2, 0) is 21.7 Å². The van der Waals surface area contributed by atoms with Crippen molar-refractivity contribution < 1.29 is 0 Å². The largest absolute Gasteiger partial charge is 0.299 e. The number of benzene rings is 2. The van der Waals surface area contributed by atoms with E-state index in [9.17, 15) is 0 Å². The van der Waals surface area contributed by atoms with Gasteiger partial charge >= 0.3 is 0 Å². The molecule has 33 heavy (non-hydrogen) atoms. The van der Waals surface area contributed by atoms with E-state index < -0.39 is 0 Å². The molecule has 2 heteroatoms. The molecule has 0 atom stereocenters. The van der Waals surface area contributed by atoms with Gasteiger partial charge in [-0.25, -0.2) is 4.98 Å². The summed E-state index contributed by atoms with van der Waals surface area (Å²) in [5, 5.41) is 0. The standard InChI is InChI=1S/C31H42N2/c1-26(2)20-14-13-19(15-21(20)27(3,4)30(26,9)10)33-18-32-24-16-22-23(17-25(24)33)29(7,8)31(11,12)28(22,5)6/h13-18H,1-12H3. The van der Waals surface area contributed by atoms with Crippen molar-refractivity contribution in [2.75, 3.05) is 0 Å². The van der Waals surface area contributed by atoms with Crippen LogP contribution in [0.1, 0.15) is 105 Å². The van der Waals surface area contributed by atoms with E-state index >= 15 is 0 Å². The fraction of sp³-hybridized carbons (Fsp3) is 0.581. The van der Waals surface area contributed by atoms with Crippen LogP contribution in [-0.4, -0.2) is 9.55 Å². The van der Waals surface area contributed by atoms with Crippen LogP contribution >= 0.6 is 0 Å². The van der Waals surface area contributed by atoms with Gasteiger partial charge in [0, 0.05) is 5.69 Å². The van der Waals surface area contributed by atoms with E-state index in [1.807, 2.05) is 6.33 Å². The summed E-state index contributed by atoms with van der Waals surface area (Å²) in [7, 11) is 0. The minimum absolute atomic E-state index is 0.0864. The second kappa shape index (κ2) is 5.93. The van der Waals surface area contributed by atoms with Crippen LogP contribution in [0.4, 0.5) is 0 Å². The third-order valence-corrected chi connectivity index (χ3v) is 11.9. The minimum Gasteiger partial charge on any atom is -0.299 e. The molecule has 1 heterocycles. The van der Waals surface area contributed by atoms with Crippen molar-refractivity contribution in [1.82, 2.24) is 9.55 Å². The first kappa shape index (κ1) is 22.7. The van der Waals surface area contributed by atoms with Gasteiger partial charge < -0.3 is 0 Å². The van der Waals surface area contributed by atoms with Crippen LogP contribution < -0.4 is 0 Å². The van der Waals surface area contributed by atoms with Gasteiger partial charge in [0.05, 0.1) is 11.0 Å².